The summed E-state index contributed by atoms with van der Waals surface area (Å²) in [5.41, 5.74) is 3.54. The van der Waals surface area contributed by atoms with Gasteiger partial charge in [-0.15, -0.1) is 0 Å². The second-order valence-corrected chi connectivity index (χ2v) is 4.71. The van der Waals surface area contributed by atoms with Crippen LogP contribution >= 0.6 is 11.8 Å². The van der Waals surface area contributed by atoms with Gasteiger partial charge in [0.05, 0.1) is 5.25 Å². The second kappa shape index (κ2) is 4.14. The lowest BCUT2D eigenvalue weighted by molar-refractivity contribution is 0.772. The van der Waals surface area contributed by atoms with E-state index in [4.69, 9.17) is 5.84 Å². The van der Waals surface area contributed by atoms with Crippen LogP contribution in [-0.4, -0.2) is 15.7 Å². The molecule has 0 bridgehead atoms. The molecule has 1 saturated heterocycles. The third kappa shape index (κ3) is 1.99. The van der Waals surface area contributed by atoms with E-state index in [2.05, 4.69) is 15.4 Å². The van der Waals surface area contributed by atoms with Gasteiger partial charge >= 0.3 is 0 Å². The first-order chi connectivity index (χ1) is 6.79. The molecule has 0 amide bonds. The fraction of sp³-hybridized carbons (Fsp3) is 0.556. The van der Waals surface area contributed by atoms with Gasteiger partial charge in [0.2, 0.25) is 0 Å². The van der Waals surface area contributed by atoms with Crippen LogP contribution in [-0.2, 0) is 0 Å². The summed E-state index contributed by atoms with van der Waals surface area (Å²) in [5.74, 6) is 8.18. The van der Waals surface area contributed by atoms with Gasteiger partial charge in [0.1, 0.15) is 11.6 Å². The zero-order chi connectivity index (χ0) is 9.97. The molecule has 1 aromatic heterocycles. The van der Waals surface area contributed by atoms with Crippen LogP contribution in [0.25, 0.3) is 0 Å². The highest BCUT2D eigenvalue weighted by atomic mass is 32.2. The Labute approximate surface area is 87.7 Å². The molecule has 5 heteroatoms. The number of aromatic nitrogens is 2. The molecular formula is C9H14N4S. The van der Waals surface area contributed by atoms with Crippen LogP contribution < -0.4 is 11.3 Å². The molecule has 76 valence electrons. The topological polar surface area (TPSA) is 63.8 Å². The van der Waals surface area contributed by atoms with E-state index < -0.39 is 0 Å². The number of aryl methyl sites for hydroxylation is 1. The smallest absolute Gasteiger partial charge is 0.143 e. The Balaban J connectivity index is 2.27. The third-order valence-corrected chi connectivity index (χ3v) is 3.61. The summed E-state index contributed by atoms with van der Waals surface area (Å²) in [4.78, 5) is 8.80. The molecule has 0 aliphatic carbocycles. The van der Waals surface area contributed by atoms with E-state index in [-0.39, 0.29) is 0 Å². The lowest BCUT2D eigenvalue weighted by Gasteiger charge is -2.09. The van der Waals surface area contributed by atoms with E-state index in [9.17, 15) is 0 Å². The van der Waals surface area contributed by atoms with E-state index in [1.165, 1.54) is 18.6 Å². The first-order valence-corrected chi connectivity index (χ1v) is 5.78. The minimum Gasteiger partial charge on any atom is -0.308 e. The Hall–Kier alpha value is -0.810. The third-order valence-electron chi connectivity index (χ3n) is 2.24. The van der Waals surface area contributed by atoms with Crippen molar-refractivity contribution in [3.05, 3.63) is 17.6 Å². The normalized spacial score (nSPS) is 21.1. The molecule has 0 radical (unpaired) electrons. The summed E-state index contributed by atoms with van der Waals surface area (Å²) in [7, 11) is 0. The van der Waals surface area contributed by atoms with Crippen molar-refractivity contribution in [2.24, 2.45) is 5.84 Å². The number of hydrogen-bond donors (Lipinski definition) is 2. The lowest BCUT2D eigenvalue weighted by Crippen LogP contribution is -2.11. The van der Waals surface area contributed by atoms with Gasteiger partial charge in [-0.3, -0.25) is 0 Å². The average molecular weight is 210 g/mol. The van der Waals surface area contributed by atoms with Gasteiger partial charge < -0.3 is 5.43 Å². The highest BCUT2D eigenvalue weighted by molar-refractivity contribution is 7.99. The molecule has 0 saturated carbocycles. The predicted octanol–water partition coefficient (Wildman–Crippen LogP) is 1.64. The molecule has 0 spiro atoms. The largest absolute Gasteiger partial charge is 0.308 e. The van der Waals surface area contributed by atoms with Gasteiger partial charge in [0, 0.05) is 11.8 Å². The Bertz CT molecular complexity index is 323. The van der Waals surface area contributed by atoms with Crippen LogP contribution in [0.5, 0.6) is 0 Å². The van der Waals surface area contributed by atoms with E-state index in [1.807, 2.05) is 24.8 Å². The maximum atomic E-state index is 5.34. The maximum Gasteiger partial charge on any atom is 0.143 e. The van der Waals surface area contributed by atoms with Gasteiger partial charge in [-0.2, -0.15) is 11.8 Å². The molecule has 0 aromatic carbocycles. The fourth-order valence-electron chi connectivity index (χ4n) is 1.59. The van der Waals surface area contributed by atoms with Gasteiger partial charge in [-0.1, -0.05) is 0 Å². The molecule has 1 aliphatic heterocycles. The van der Waals surface area contributed by atoms with Crippen LogP contribution in [0.3, 0.4) is 0 Å². The van der Waals surface area contributed by atoms with Crippen molar-refractivity contribution >= 4 is 17.6 Å². The van der Waals surface area contributed by atoms with Gasteiger partial charge in [0.15, 0.2) is 0 Å². The number of rotatable bonds is 2. The average Bonchev–Trinajstić information content (AvgIpc) is 2.69. The highest BCUT2D eigenvalue weighted by Crippen LogP contribution is 2.38. The minimum atomic E-state index is 0.460. The highest BCUT2D eigenvalue weighted by Gasteiger charge is 2.20. The van der Waals surface area contributed by atoms with Crippen molar-refractivity contribution in [2.45, 2.75) is 25.0 Å². The fourth-order valence-corrected chi connectivity index (χ4v) is 2.80. The van der Waals surface area contributed by atoms with Gasteiger partial charge in [-0.25, -0.2) is 15.8 Å². The van der Waals surface area contributed by atoms with E-state index in [0.29, 0.717) is 11.1 Å². The predicted molar refractivity (Wildman–Crippen MR) is 59.0 cm³/mol. The van der Waals surface area contributed by atoms with Crippen molar-refractivity contribution in [3.8, 4) is 0 Å². The molecular weight excluding hydrogens is 196 g/mol. The summed E-state index contributed by atoms with van der Waals surface area (Å²) in [6, 6.07) is 1.85. The molecule has 3 N–H and O–H groups in total. The van der Waals surface area contributed by atoms with E-state index in [1.54, 1.807) is 0 Å². The van der Waals surface area contributed by atoms with Crippen molar-refractivity contribution in [2.75, 3.05) is 11.2 Å². The number of thioether (sulfide) groups is 1. The summed E-state index contributed by atoms with van der Waals surface area (Å²) >= 11 is 1.93. The van der Waals surface area contributed by atoms with Crippen molar-refractivity contribution in [1.82, 2.24) is 9.97 Å². The zero-order valence-electron chi connectivity index (χ0n) is 8.16. The Morgan fingerprint density at radius 2 is 2.43 bits per heavy atom. The molecule has 4 nitrogen and oxygen atoms in total. The van der Waals surface area contributed by atoms with E-state index in [0.717, 1.165) is 11.5 Å². The Morgan fingerprint density at radius 1 is 1.57 bits per heavy atom. The van der Waals surface area contributed by atoms with Gasteiger partial charge in [-0.05, 0) is 25.5 Å². The summed E-state index contributed by atoms with van der Waals surface area (Å²) in [6.45, 7) is 1.96. The SMILES string of the molecule is Cc1cc(NN)nc(C2CCCS2)n1. The van der Waals surface area contributed by atoms with Crippen LogP contribution in [0.4, 0.5) is 5.82 Å². The Kier molecular flexibility index (Phi) is 2.88. The molecule has 2 rings (SSSR count). The summed E-state index contributed by atoms with van der Waals surface area (Å²) in [5, 5.41) is 0.460. The number of anilines is 1. The summed E-state index contributed by atoms with van der Waals surface area (Å²) < 4.78 is 0. The first kappa shape index (κ1) is 9.73. The van der Waals surface area contributed by atoms with Crippen molar-refractivity contribution < 1.29 is 0 Å². The van der Waals surface area contributed by atoms with Crippen molar-refractivity contribution in [3.63, 3.8) is 0 Å². The number of hydrogen-bond acceptors (Lipinski definition) is 5. The zero-order valence-corrected chi connectivity index (χ0v) is 8.97. The van der Waals surface area contributed by atoms with Gasteiger partial charge in [0.25, 0.3) is 0 Å². The number of nitrogen functional groups attached to an aromatic ring is 1. The number of nitrogens with two attached hydrogens (primary N) is 1. The lowest BCUT2D eigenvalue weighted by atomic mass is 10.2. The first-order valence-electron chi connectivity index (χ1n) is 4.73. The summed E-state index contributed by atoms with van der Waals surface area (Å²) in [6.07, 6.45) is 2.44. The monoisotopic (exact) mass is 210 g/mol. The van der Waals surface area contributed by atoms with Crippen molar-refractivity contribution in [1.29, 1.82) is 0 Å². The van der Waals surface area contributed by atoms with Crippen LogP contribution in [0.2, 0.25) is 0 Å². The molecule has 2 heterocycles. The molecule has 1 aliphatic rings. The molecule has 1 unspecified atom stereocenters. The standard InChI is InChI=1S/C9H14N4S/c1-6-5-8(13-10)12-9(11-6)7-3-2-4-14-7/h5,7H,2-4,10H2,1H3,(H,11,12,13). The molecule has 1 atom stereocenters. The minimum absolute atomic E-state index is 0.460. The molecule has 1 aromatic rings. The maximum absolute atomic E-state index is 5.34. The van der Waals surface area contributed by atoms with Crippen LogP contribution in [0.1, 0.15) is 29.6 Å². The number of nitrogens with zero attached hydrogens (tertiary/aromatic N) is 2. The molecule has 1 fully saturated rings. The van der Waals surface area contributed by atoms with Crippen LogP contribution in [0.15, 0.2) is 6.07 Å². The van der Waals surface area contributed by atoms with E-state index >= 15 is 0 Å². The molecule has 14 heavy (non-hydrogen) atoms. The quantitative estimate of drug-likeness (QED) is 0.574. The number of hydrazine groups is 1. The van der Waals surface area contributed by atoms with Crippen LogP contribution in [0, 0.1) is 6.92 Å². The Morgan fingerprint density at radius 3 is 3.07 bits per heavy atom. The second-order valence-electron chi connectivity index (χ2n) is 3.40. The number of nitrogens with one attached hydrogen (secondary N) is 1.